The van der Waals surface area contributed by atoms with Gasteiger partial charge in [0.2, 0.25) is 0 Å². The number of aliphatic hydroxyl groups is 1. The van der Waals surface area contributed by atoms with Crippen molar-refractivity contribution in [3.8, 4) is 5.75 Å². The number of nitrogens with two attached hydrogens (primary N) is 1. The highest BCUT2D eigenvalue weighted by atomic mass is 16.5. The highest BCUT2D eigenvalue weighted by molar-refractivity contribution is 5.95. The summed E-state index contributed by atoms with van der Waals surface area (Å²) in [5.74, 6) is 0.479. The van der Waals surface area contributed by atoms with Crippen LogP contribution in [0.2, 0.25) is 0 Å². The van der Waals surface area contributed by atoms with Crippen LogP contribution in [-0.2, 0) is 0 Å². The SMILES string of the molecule is COc1ccc(C(=O)N(CCO)C2CC2)cc1N. The van der Waals surface area contributed by atoms with Crippen LogP contribution in [0.1, 0.15) is 23.2 Å². The Bertz CT molecular complexity index is 444. The van der Waals surface area contributed by atoms with Crippen molar-refractivity contribution >= 4 is 11.6 Å². The zero-order valence-electron chi connectivity index (χ0n) is 10.4. The summed E-state index contributed by atoms with van der Waals surface area (Å²) < 4.78 is 5.06. The first-order valence-corrected chi connectivity index (χ1v) is 6.02. The van der Waals surface area contributed by atoms with E-state index in [0.29, 0.717) is 23.5 Å². The molecule has 1 aromatic rings. The highest BCUT2D eigenvalue weighted by Gasteiger charge is 2.32. The Balaban J connectivity index is 2.18. The van der Waals surface area contributed by atoms with Gasteiger partial charge in [-0.05, 0) is 31.0 Å². The summed E-state index contributed by atoms with van der Waals surface area (Å²) in [5, 5.41) is 9.01. The molecule has 3 N–H and O–H groups in total. The van der Waals surface area contributed by atoms with Crippen molar-refractivity contribution in [2.45, 2.75) is 18.9 Å². The fourth-order valence-electron chi connectivity index (χ4n) is 1.98. The first-order chi connectivity index (χ1) is 8.67. The van der Waals surface area contributed by atoms with Gasteiger partial charge in [0.1, 0.15) is 5.75 Å². The van der Waals surface area contributed by atoms with Gasteiger partial charge >= 0.3 is 0 Å². The molecule has 1 amide bonds. The molecule has 18 heavy (non-hydrogen) atoms. The molecule has 0 aliphatic heterocycles. The molecule has 0 bridgehead atoms. The van der Waals surface area contributed by atoms with E-state index in [1.807, 2.05) is 0 Å². The second-order valence-corrected chi connectivity index (χ2v) is 4.41. The van der Waals surface area contributed by atoms with Crippen LogP contribution in [0.15, 0.2) is 18.2 Å². The second kappa shape index (κ2) is 5.27. The number of carbonyl (C=O) groups excluding carboxylic acids is 1. The largest absolute Gasteiger partial charge is 0.495 e. The molecular formula is C13H18N2O3. The lowest BCUT2D eigenvalue weighted by atomic mass is 10.1. The van der Waals surface area contributed by atoms with Crippen molar-refractivity contribution in [1.82, 2.24) is 4.90 Å². The minimum Gasteiger partial charge on any atom is -0.495 e. The van der Waals surface area contributed by atoms with Gasteiger partial charge in [0.15, 0.2) is 0 Å². The van der Waals surface area contributed by atoms with Crippen LogP contribution in [0.5, 0.6) is 5.75 Å². The molecule has 0 saturated heterocycles. The van der Waals surface area contributed by atoms with Crippen LogP contribution in [0.4, 0.5) is 5.69 Å². The molecule has 1 aliphatic rings. The number of nitrogen functional groups attached to an aromatic ring is 1. The molecule has 1 saturated carbocycles. The number of methoxy groups -OCH3 is 1. The number of nitrogens with zero attached hydrogens (tertiary/aromatic N) is 1. The van der Waals surface area contributed by atoms with Crippen molar-refractivity contribution in [3.63, 3.8) is 0 Å². The zero-order valence-corrected chi connectivity index (χ0v) is 10.4. The molecule has 1 aliphatic carbocycles. The molecule has 2 rings (SSSR count). The number of amides is 1. The van der Waals surface area contributed by atoms with E-state index < -0.39 is 0 Å². The van der Waals surface area contributed by atoms with Gasteiger partial charge < -0.3 is 20.5 Å². The quantitative estimate of drug-likeness (QED) is 0.760. The van der Waals surface area contributed by atoms with E-state index in [-0.39, 0.29) is 18.6 Å². The number of aliphatic hydroxyl groups excluding tert-OH is 1. The molecule has 0 aromatic heterocycles. The van der Waals surface area contributed by atoms with Crippen molar-refractivity contribution in [2.24, 2.45) is 0 Å². The van der Waals surface area contributed by atoms with E-state index in [1.165, 1.54) is 7.11 Å². The average Bonchev–Trinajstić information content (AvgIpc) is 3.19. The number of rotatable bonds is 5. The minimum absolute atomic E-state index is 0.0200. The summed E-state index contributed by atoms with van der Waals surface area (Å²) in [6.07, 6.45) is 2.02. The Morgan fingerprint density at radius 2 is 2.28 bits per heavy atom. The average molecular weight is 250 g/mol. The summed E-state index contributed by atoms with van der Waals surface area (Å²) in [5.41, 5.74) is 6.77. The second-order valence-electron chi connectivity index (χ2n) is 4.41. The minimum atomic E-state index is -0.0825. The Morgan fingerprint density at radius 3 is 2.78 bits per heavy atom. The molecule has 98 valence electrons. The first kappa shape index (κ1) is 12.7. The third-order valence-electron chi connectivity index (χ3n) is 3.07. The van der Waals surface area contributed by atoms with Gasteiger partial charge in [-0.1, -0.05) is 0 Å². The van der Waals surface area contributed by atoms with Gasteiger partial charge in [-0.2, -0.15) is 0 Å². The van der Waals surface area contributed by atoms with E-state index in [1.54, 1.807) is 23.1 Å². The summed E-state index contributed by atoms with van der Waals surface area (Å²) >= 11 is 0. The normalized spacial score (nSPS) is 14.3. The monoisotopic (exact) mass is 250 g/mol. The summed E-state index contributed by atoms with van der Waals surface area (Å²) in [6, 6.07) is 5.28. The third kappa shape index (κ3) is 2.56. The van der Waals surface area contributed by atoms with E-state index in [2.05, 4.69) is 0 Å². The molecule has 1 aromatic carbocycles. The highest BCUT2D eigenvalue weighted by Crippen LogP contribution is 2.29. The summed E-state index contributed by atoms with van der Waals surface area (Å²) in [4.78, 5) is 14.0. The molecular weight excluding hydrogens is 232 g/mol. The van der Waals surface area contributed by atoms with E-state index >= 15 is 0 Å². The zero-order chi connectivity index (χ0) is 13.1. The van der Waals surface area contributed by atoms with Gasteiger partial charge in [0.25, 0.3) is 5.91 Å². The predicted octanol–water partition coefficient (Wildman–Crippen LogP) is 0.874. The molecule has 0 spiro atoms. The fourth-order valence-corrected chi connectivity index (χ4v) is 1.98. The molecule has 0 heterocycles. The lowest BCUT2D eigenvalue weighted by molar-refractivity contribution is 0.0707. The summed E-state index contributed by atoms with van der Waals surface area (Å²) in [6.45, 7) is 0.351. The van der Waals surface area contributed by atoms with Crippen molar-refractivity contribution < 1.29 is 14.6 Å². The Kier molecular flexibility index (Phi) is 3.72. The number of anilines is 1. The molecule has 1 fully saturated rings. The Hall–Kier alpha value is -1.75. The number of hydrogen-bond donors (Lipinski definition) is 2. The Morgan fingerprint density at radius 1 is 1.56 bits per heavy atom. The topological polar surface area (TPSA) is 75.8 Å². The lowest BCUT2D eigenvalue weighted by Crippen LogP contribution is -2.35. The maximum absolute atomic E-state index is 12.3. The van der Waals surface area contributed by atoms with Crippen LogP contribution >= 0.6 is 0 Å². The molecule has 0 atom stereocenters. The molecule has 0 radical (unpaired) electrons. The maximum atomic E-state index is 12.3. The van der Waals surface area contributed by atoms with Crippen LogP contribution in [0, 0.1) is 0 Å². The van der Waals surface area contributed by atoms with Crippen molar-refractivity contribution in [1.29, 1.82) is 0 Å². The van der Waals surface area contributed by atoms with Crippen LogP contribution in [0.25, 0.3) is 0 Å². The predicted molar refractivity (Wildman–Crippen MR) is 68.6 cm³/mol. The smallest absolute Gasteiger partial charge is 0.254 e. The number of hydrogen-bond acceptors (Lipinski definition) is 4. The van der Waals surface area contributed by atoms with Crippen LogP contribution in [0.3, 0.4) is 0 Å². The standard InChI is InChI=1S/C13H18N2O3/c1-18-12-5-2-9(8-11(12)14)13(17)15(6-7-16)10-3-4-10/h2,5,8,10,16H,3-4,6-7,14H2,1H3. The molecule has 0 unspecified atom stereocenters. The van der Waals surface area contributed by atoms with Gasteiger partial charge in [0, 0.05) is 18.2 Å². The number of carbonyl (C=O) groups is 1. The van der Waals surface area contributed by atoms with Crippen LogP contribution < -0.4 is 10.5 Å². The van der Waals surface area contributed by atoms with E-state index in [9.17, 15) is 4.79 Å². The fraction of sp³-hybridized carbons (Fsp3) is 0.462. The molecule has 5 heteroatoms. The Labute approximate surface area is 106 Å². The molecule has 5 nitrogen and oxygen atoms in total. The van der Waals surface area contributed by atoms with Gasteiger partial charge in [-0.25, -0.2) is 0 Å². The lowest BCUT2D eigenvalue weighted by Gasteiger charge is -2.21. The summed E-state index contributed by atoms with van der Waals surface area (Å²) in [7, 11) is 1.54. The van der Waals surface area contributed by atoms with E-state index in [0.717, 1.165) is 12.8 Å². The number of benzene rings is 1. The van der Waals surface area contributed by atoms with Gasteiger partial charge in [0.05, 0.1) is 19.4 Å². The third-order valence-corrected chi connectivity index (χ3v) is 3.07. The van der Waals surface area contributed by atoms with E-state index in [4.69, 9.17) is 15.6 Å². The maximum Gasteiger partial charge on any atom is 0.254 e. The first-order valence-electron chi connectivity index (χ1n) is 6.02. The number of ether oxygens (including phenoxy) is 1. The van der Waals surface area contributed by atoms with Crippen molar-refractivity contribution in [2.75, 3.05) is 26.0 Å². The van der Waals surface area contributed by atoms with Gasteiger partial charge in [-0.3, -0.25) is 4.79 Å². The van der Waals surface area contributed by atoms with Gasteiger partial charge in [-0.15, -0.1) is 0 Å². The van der Waals surface area contributed by atoms with Crippen LogP contribution in [-0.4, -0.2) is 42.2 Å². The van der Waals surface area contributed by atoms with Crippen molar-refractivity contribution in [3.05, 3.63) is 23.8 Å².